The topological polar surface area (TPSA) is 68.0 Å². The lowest BCUT2D eigenvalue weighted by Crippen LogP contribution is -2.06. The fourth-order valence-corrected chi connectivity index (χ4v) is 2.47. The van der Waals surface area contributed by atoms with Crippen molar-refractivity contribution >= 4 is 17.7 Å². The summed E-state index contributed by atoms with van der Waals surface area (Å²) in [5, 5.41) is 17.4. The first kappa shape index (κ1) is 13.6. The van der Waals surface area contributed by atoms with Crippen molar-refractivity contribution in [3.63, 3.8) is 0 Å². The summed E-state index contributed by atoms with van der Waals surface area (Å²) >= 11 is 1.19. The SMILES string of the molecule is Cc1cccc(Cn2c(C)nnc2SCC(=O)O)c1. The van der Waals surface area contributed by atoms with E-state index < -0.39 is 5.97 Å². The first-order valence-electron chi connectivity index (χ1n) is 5.86. The predicted octanol–water partition coefficient (Wildman–Crippen LogP) is 2.12. The van der Waals surface area contributed by atoms with Crippen LogP contribution in [0.15, 0.2) is 29.4 Å². The Morgan fingerprint density at radius 3 is 2.84 bits per heavy atom. The van der Waals surface area contributed by atoms with E-state index in [0.717, 1.165) is 11.4 Å². The van der Waals surface area contributed by atoms with Gasteiger partial charge in [-0.2, -0.15) is 0 Å². The van der Waals surface area contributed by atoms with Crippen molar-refractivity contribution in [3.8, 4) is 0 Å². The quantitative estimate of drug-likeness (QED) is 0.848. The second-order valence-electron chi connectivity index (χ2n) is 4.29. The molecule has 0 atom stereocenters. The van der Waals surface area contributed by atoms with E-state index >= 15 is 0 Å². The molecule has 2 aromatic rings. The number of aliphatic carboxylic acids is 1. The molecule has 5 nitrogen and oxygen atoms in total. The lowest BCUT2D eigenvalue weighted by atomic mass is 10.1. The summed E-state index contributed by atoms with van der Waals surface area (Å²) in [6.45, 7) is 4.57. The molecule has 100 valence electrons. The van der Waals surface area contributed by atoms with E-state index in [1.807, 2.05) is 36.6 Å². The Morgan fingerprint density at radius 2 is 2.16 bits per heavy atom. The highest BCUT2D eigenvalue weighted by atomic mass is 32.2. The van der Waals surface area contributed by atoms with Gasteiger partial charge in [0.15, 0.2) is 5.16 Å². The molecule has 0 saturated heterocycles. The molecule has 1 N–H and O–H groups in total. The van der Waals surface area contributed by atoms with Crippen LogP contribution in [-0.2, 0) is 11.3 Å². The molecule has 0 amide bonds. The van der Waals surface area contributed by atoms with Gasteiger partial charge in [-0.3, -0.25) is 4.79 Å². The smallest absolute Gasteiger partial charge is 0.313 e. The summed E-state index contributed by atoms with van der Waals surface area (Å²) in [6, 6.07) is 8.19. The van der Waals surface area contributed by atoms with Gasteiger partial charge in [0.25, 0.3) is 0 Å². The van der Waals surface area contributed by atoms with Crippen LogP contribution in [0.3, 0.4) is 0 Å². The maximum atomic E-state index is 10.6. The summed E-state index contributed by atoms with van der Waals surface area (Å²) in [4.78, 5) is 10.6. The van der Waals surface area contributed by atoms with Crippen LogP contribution in [0, 0.1) is 13.8 Å². The summed E-state index contributed by atoms with van der Waals surface area (Å²) in [5.74, 6) is -0.0754. The molecule has 2 rings (SSSR count). The second kappa shape index (κ2) is 5.88. The van der Waals surface area contributed by atoms with Crippen LogP contribution in [0.4, 0.5) is 0 Å². The minimum Gasteiger partial charge on any atom is -0.481 e. The lowest BCUT2D eigenvalue weighted by molar-refractivity contribution is -0.133. The van der Waals surface area contributed by atoms with Gasteiger partial charge in [-0.1, -0.05) is 41.6 Å². The van der Waals surface area contributed by atoms with Gasteiger partial charge < -0.3 is 9.67 Å². The van der Waals surface area contributed by atoms with Gasteiger partial charge in [0, 0.05) is 0 Å². The highest BCUT2D eigenvalue weighted by Gasteiger charge is 2.11. The number of rotatable bonds is 5. The normalized spacial score (nSPS) is 10.6. The van der Waals surface area contributed by atoms with Gasteiger partial charge in [0.2, 0.25) is 0 Å². The number of benzene rings is 1. The Balaban J connectivity index is 2.19. The first-order valence-corrected chi connectivity index (χ1v) is 6.85. The Morgan fingerprint density at radius 1 is 1.37 bits per heavy atom. The van der Waals surface area contributed by atoms with E-state index in [2.05, 4.69) is 16.3 Å². The Hall–Kier alpha value is -1.82. The summed E-state index contributed by atoms with van der Waals surface area (Å²) in [7, 11) is 0. The molecule has 1 aromatic heterocycles. The highest BCUT2D eigenvalue weighted by molar-refractivity contribution is 7.99. The molecule has 6 heteroatoms. The Bertz CT molecular complexity index is 595. The summed E-state index contributed by atoms with van der Waals surface area (Å²) < 4.78 is 1.93. The van der Waals surface area contributed by atoms with E-state index in [1.54, 1.807) is 0 Å². The van der Waals surface area contributed by atoms with Crippen LogP contribution < -0.4 is 0 Å². The number of nitrogens with zero attached hydrogens (tertiary/aromatic N) is 3. The number of hydrogen-bond acceptors (Lipinski definition) is 4. The first-order chi connectivity index (χ1) is 9.06. The Kier molecular flexibility index (Phi) is 4.21. The summed E-state index contributed by atoms with van der Waals surface area (Å²) in [6.07, 6.45) is 0. The minimum atomic E-state index is -0.854. The number of carboxylic acid groups (broad SMARTS) is 1. The maximum Gasteiger partial charge on any atom is 0.313 e. The van der Waals surface area contributed by atoms with Crippen molar-refractivity contribution in [3.05, 3.63) is 41.2 Å². The molecular formula is C13H15N3O2S. The van der Waals surface area contributed by atoms with E-state index in [0.29, 0.717) is 11.7 Å². The van der Waals surface area contributed by atoms with E-state index in [9.17, 15) is 4.79 Å². The number of carboxylic acids is 1. The van der Waals surface area contributed by atoms with Gasteiger partial charge in [0.1, 0.15) is 5.82 Å². The van der Waals surface area contributed by atoms with Gasteiger partial charge in [-0.15, -0.1) is 10.2 Å². The molecule has 0 spiro atoms. The van der Waals surface area contributed by atoms with E-state index in [1.165, 1.54) is 17.3 Å². The lowest BCUT2D eigenvalue weighted by Gasteiger charge is -2.08. The number of hydrogen-bond donors (Lipinski definition) is 1. The van der Waals surface area contributed by atoms with Crippen LogP contribution in [0.25, 0.3) is 0 Å². The van der Waals surface area contributed by atoms with Crippen molar-refractivity contribution < 1.29 is 9.90 Å². The molecular weight excluding hydrogens is 262 g/mol. The number of carbonyl (C=O) groups is 1. The van der Waals surface area contributed by atoms with Crippen molar-refractivity contribution in [1.29, 1.82) is 0 Å². The van der Waals surface area contributed by atoms with Crippen molar-refractivity contribution in [2.45, 2.75) is 25.5 Å². The maximum absolute atomic E-state index is 10.6. The number of aryl methyl sites for hydroxylation is 2. The average Bonchev–Trinajstić information content (AvgIpc) is 2.68. The average molecular weight is 277 g/mol. The van der Waals surface area contributed by atoms with Gasteiger partial charge in [-0.05, 0) is 19.4 Å². The third-order valence-electron chi connectivity index (χ3n) is 2.65. The zero-order valence-electron chi connectivity index (χ0n) is 10.8. The fourth-order valence-electron chi connectivity index (χ4n) is 1.77. The second-order valence-corrected chi connectivity index (χ2v) is 5.23. The zero-order valence-corrected chi connectivity index (χ0v) is 11.6. The van der Waals surface area contributed by atoms with Crippen LogP contribution in [0.1, 0.15) is 17.0 Å². The van der Waals surface area contributed by atoms with Crippen LogP contribution >= 0.6 is 11.8 Å². The highest BCUT2D eigenvalue weighted by Crippen LogP contribution is 2.18. The molecule has 0 unspecified atom stereocenters. The molecule has 0 aliphatic carbocycles. The van der Waals surface area contributed by atoms with Gasteiger partial charge in [-0.25, -0.2) is 0 Å². The van der Waals surface area contributed by atoms with Crippen molar-refractivity contribution in [2.24, 2.45) is 0 Å². The van der Waals surface area contributed by atoms with E-state index in [4.69, 9.17) is 5.11 Å². The molecule has 0 radical (unpaired) electrons. The summed E-state index contributed by atoms with van der Waals surface area (Å²) in [5.41, 5.74) is 2.35. The molecule has 1 heterocycles. The standard InChI is InChI=1S/C13H15N3O2S/c1-9-4-3-5-11(6-9)7-16-10(2)14-15-13(16)19-8-12(17)18/h3-6H,7-8H2,1-2H3,(H,17,18). The molecule has 0 aliphatic rings. The number of aromatic nitrogens is 3. The monoisotopic (exact) mass is 277 g/mol. The molecule has 1 aromatic carbocycles. The molecule has 0 aliphatic heterocycles. The fraction of sp³-hybridized carbons (Fsp3) is 0.308. The molecule has 0 fully saturated rings. The largest absolute Gasteiger partial charge is 0.481 e. The van der Waals surface area contributed by atoms with E-state index in [-0.39, 0.29) is 5.75 Å². The predicted molar refractivity (Wildman–Crippen MR) is 73.4 cm³/mol. The third-order valence-corrected chi connectivity index (χ3v) is 3.60. The van der Waals surface area contributed by atoms with Crippen molar-refractivity contribution in [1.82, 2.24) is 14.8 Å². The van der Waals surface area contributed by atoms with Gasteiger partial charge in [0.05, 0.1) is 12.3 Å². The molecule has 0 saturated carbocycles. The Labute approximate surface area is 115 Å². The van der Waals surface area contributed by atoms with Crippen molar-refractivity contribution in [2.75, 3.05) is 5.75 Å². The van der Waals surface area contributed by atoms with Crippen LogP contribution in [0.2, 0.25) is 0 Å². The molecule has 0 bridgehead atoms. The van der Waals surface area contributed by atoms with Gasteiger partial charge >= 0.3 is 5.97 Å². The number of thioether (sulfide) groups is 1. The van der Waals surface area contributed by atoms with Crippen LogP contribution in [-0.4, -0.2) is 31.6 Å². The minimum absolute atomic E-state index is 0.00799. The molecule has 19 heavy (non-hydrogen) atoms. The van der Waals surface area contributed by atoms with Crippen LogP contribution in [0.5, 0.6) is 0 Å². The zero-order chi connectivity index (χ0) is 13.8. The third kappa shape index (κ3) is 3.57.